The fourth-order valence-corrected chi connectivity index (χ4v) is 5.18. The van der Waals surface area contributed by atoms with Gasteiger partial charge in [0.15, 0.2) is 9.84 Å². The number of nitrogens with zero attached hydrogens (tertiary/aromatic N) is 1. The van der Waals surface area contributed by atoms with Gasteiger partial charge in [-0.15, -0.1) is 0 Å². The highest BCUT2D eigenvalue weighted by Gasteiger charge is 2.50. The number of carbonyl (C=O) groups is 1. The maximum absolute atomic E-state index is 14.5. The number of amidine groups is 1. The molecule has 1 aliphatic rings. The Morgan fingerprint density at radius 1 is 1.14 bits per heavy atom. The number of aliphatic imine (C=N–C) groups is 1. The fourth-order valence-electron chi connectivity index (χ4n) is 3.11. The molecular formula is C20H20BrFN2O3S. The molecule has 2 aromatic rings. The van der Waals surface area contributed by atoms with Crippen molar-refractivity contribution >= 4 is 37.5 Å². The van der Waals surface area contributed by atoms with Crippen LogP contribution in [0.3, 0.4) is 0 Å². The van der Waals surface area contributed by atoms with Crippen LogP contribution in [0, 0.1) is 5.82 Å². The van der Waals surface area contributed by atoms with Gasteiger partial charge in [-0.05, 0) is 51.1 Å². The van der Waals surface area contributed by atoms with Gasteiger partial charge in [-0.25, -0.2) is 12.8 Å². The number of halogens is 2. The monoisotopic (exact) mass is 466 g/mol. The third-order valence-electron chi connectivity index (χ3n) is 4.95. The molecule has 1 heterocycles. The van der Waals surface area contributed by atoms with Gasteiger partial charge in [0.2, 0.25) is 0 Å². The Kier molecular flexibility index (Phi) is 5.22. The van der Waals surface area contributed by atoms with Crippen molar-refractivity contribution in [2.75, 3.05) is 5.75 Å². The van der Waals surface area contributed by atoms with Crippen LogP contribution in [-0.4, -0.2) is 30.7 Å². The van der Waals surface area contributed by atoms with E-state index in [-0.39, 0.29) is 17.2 Å². The van der Waals surface area contributed by atoms with Crippen LogP contribution in [0.2, 0.25) is 0 Å². The van der Waals surface area contributed by atoms with Gasteiger partial charge in [0.25, 0.3) is 5.91 Å². The van der Waals surface area contributed by atoms with Gasteiger partial charge in [0, 0.05) is 15.6 Å². The van der Waals surface area contributed by atoms with E-state index in [1.54, 1.807) is 37.3 Å². The van der Waals surface area contributed by atoms with Crippen LogP contribution in [0.25, 0.3) is 0 Å². The molecule has 148 valence electrons. The standard InChI is InChI=1S/C20H20BrFN2O3S/c1-19(2)18(23-17(25)13-7-5-4-6-8-13)24-20(3,12-28(19,26)27)15-11-14(21)9-10-16(15)22/h4-11H,12H2,1-3H3,(H,23,24,25). The van der Waals surface area contributed by atoms with Crippen LogP contribution in [0.1, 0.15) is 36.7 Å². The summed E-state index contributed by atoms with van der Waals surface area (Å²) in [4.78, 5) is 17.2. The van der Waals surface area contributed by atoms with E-state index in [1.807, 2.05) is 0 Å². The molecule has 0 saturated heterocycles. The number of amides is 1. The molecule has 0 bridgehead atoms. The molecule has 0 aliphatic carbocycles. The largest absolute Gasteiger partial charge is 0.309 e. The summed E-state index contributed by atoms with van der Waals surface area (Å²) in [5.41, 5.74) is -0.853. The average Bonchev–Trinajstić information content (AvgIpc) is 2.62. The molecule has 0 fully saturated rings. The second-order valence-electron chi connectivity index (χ2n) is 7.45. The SMILES string of the molecule is CC1(c2cc(Br)ccc2F)CS(=O)(=O)C(C)(C)C(NC(=O)c2ccccc2)=N1. The lowest BCUT2D eigenvalue weighted by Gasteiger charge is -2.39. The first-order valence-corrected chi connectivity index (χ1v) is 11.1. The van der Waals surface area contributed by atoms with Crippen molar-refractivity contribution in [1.29, 1.82) is 0 Å². The number of hydrogen-bond acceptors (Lipinski definition) is 4. The predicted octanol–water partition coefficient (Wildman–Crippen LogP) is 3.84. The fraction of sp³-hybridized carbons (Fsp3) is 0.300. The molecule has 1 atom stereocenters. The van der Waals surface area contributed by atoms with E-state index in [1.165, 1.54) is 32.0 Å². The van der Waals surface area contributed by atoms with Gasteiger partial charge in [-0.3, -0.25) is 9.79 Å². The van der Waals surface area contributed by atoms with E-state index >= 15 is 0 Å². The van der Waals surface area contributed by atoms with Crippen molar-refractivity contribution in [3.63, 3.8) is 0 Å². The second-order valence-corrected chi connectivity index (χ2v) is 10.9. The van der Waals surface area contributed by atoms with Crippen LogP contribution < -0.4 is 5.32 Å². The summed E-state index contributed by atoms with van der Waals surface area (Å²) in [6, 6.07) is 12.7. The summed E-state index contributed by atoms with van der Waals surface area (Å²) in [5, 5.41) is 2.64. The van der Waals surface area contributed by atoms with Crippen molar-refractivity contribution in [1.82, 2.24) is 5.32 Å². The third kappa shape index (κ3) is 3.63. The molecular weight excluding hydrogens is 447 g/mol. The Balaban J connectivity index is 2.12. The smallest absolute Gasteiger partial charge is 0.256 e. The topological polar surface area (TPSA) is 75.6 Å². The normalized spacial score (nSPS) is 23.0. The summed E-state index contributed by atoms with van der Waals surface area (Å²) in [5.74, 6) is -1.40. The number of sulfone groups is 1. The van der Waals surface area contributed by atoms with E-state index in [9.17, 15) is 17.6 Å². The first-order valence-electron chi connectivity index (χ1n) is 8.61. The highest BCUT2D eigenvalue weighted by molar-refractivity contribution is 9.10. The number of nitrogens with one attached hydrogen (secondary N) is 1. The summed E-state index contributed by atoms with van der Waals surface area (Å²) in [7, 11) is -3.75. The Morgan fingerprint density at radius 2 is 1.79 bits per heavy atom. The van der Waals surface area contributed by atoms with Gasteiger partial charge < -0.3 is 5.32 Å². The summed E-state index contributed by atoms with van der Waals surface area (Å²) < 4.78 is 39.8. The minimum absolute atomic E-state index is 0.00511. The number of rotatable bonds is 2. The van der Waals surface area contributed by atoms with Crippen molar-refractivity contribution in [2.24, 2.45) is 4.99 Å². The van der Waals surface area contributed by atoms with E-state index in [4.69, 9.17) is 0 Å². The van der Waals surface area contributed by atoms with Crippen LogP contribution >= 0.6 is 15.9 Å². The minimum atomic E-state index is -3.75. The lowest BCUT2D eigenvalue weighted by atomic mass is 9.93. The van der Waals surface area contributed by atoms with E-state index in [0.29, 0.717) is 10.0 Å². The van der Waals surface area contributed by atoms with Gasteiger partial charge >= 0.3 is 0 Å². The van der Waals surface area contributed by atoms with Crippen LogP contribution in [-0.2, 0) is 15.4 Å². The molecule has 0 saturated carbocycles. The molecule has 0 spiro atoms. The Morgan fingerprint density at radius 3 is 2.43 bits per heavy atom. The highest BCUT2D eigenvalue weighted by atomic mass is 79.9. The number of benzene rings is 2. The first kappa shape index (κ1) is 20.7. The van der Waals surface area contributed by atoms with Crippen LogP contribution in [0.15, 0.2) is 58.0 Å². The van der Waals surface area contributed by atoms with Crippen LogP contribution in [0.5, 0.6) is 0 Å². The van der Waals surface area contributed by atoms with Gasteiger partial charge in [0.05, 0.1) is 5.75 Å². The molecule has 0 radical (unpaired) electrons. The lowest BCUT2D eigenvalue weighted by molar-refractivity contribution is 0.0975. The van der Waals surface area contributed by atoms with E-state index in [0.717, 1.165) is 0 Å². The predicted molar refractivity (Wildman–Crippen MR) is 111 cm³/mol. The average molecular weight is 467 g/mol. The molecule has 1 aliphatic heterocycles. The maximum Gasteiger partial charge on any atom is 0.256 e. The molecule has 0 aromatic heterocycles. The summed E-state index contributed by atoms with van der Waals surface area (Å²) >= 11 is 3.29. The van der Waals surface area contributed by atoms with Gasteiger partial charge in [0.1, 0.15) is 21.9 Å². The van der Waals surface area contributed by atoms with E-state index < -0.39 is 31.8 Å². The molecule has 2 aromatic carbocycles. The summed E-state index contributed by atoms with van der Waals surface area (Å²) in [6.07, 6.45) is 0. The Hall–Kier alpha value is -2.06. The van der Waals surface area contributed by atoms with Gasteiger partial charge in [-0.2, -0.15) is 0 Å². The molecule has 8 heteroatoms. The molecule has 1 N–H and O–H groups in total. The van der Waals surface area contributed by atoms with Crippen molar-refractivity contribution in [2.45, 2.75) is 31.1 Å². The van der Waals surface area contributed by atoms with Crippen molar-refractivity contribution < 1.29 is 17.6 Å². The first-order chi connectivity index (χ1) is 13.0. The number of carbonyl (C=O) groups excluding carboxylic acids is 1. The third-order valence-corrected chi connectivity index (χ3v) is 8.14. The summed E-state index contributed by atoms with van der Waals surface area (Å²) in [6.45, 7) is 4.53. The van der Waals surface area contributed by atoms with Gasteiger partial charge in [-0.1, -0.05) is 34.1 Å². The zero-order chi connectivity index (χ0) is 20.7. The molecule has 3 rings (SSSR count). The van der Waals surface area contributed by atoms with Crippen molar-refractivity contribution in [3.05, 3.63) is 69.9 Å². The molecule has 5 nitrogen and oxygen atoms in total. The van der Waals surface area contributed by atoms with Crippen LogP contribution in [0.4, 0.5) is 4.39 Å². The Bertz CT molecular complexity index is 1070. The Labute approximate surface area is 172 Å². The maximum atomic E-state index is 14.5. The zero-order valence-corrected chi connectivity index (χ0v) is 18.1. The molecule has 28 heavy (non-hydrogen) atoms. The highest BCUT2D eigenvalue weighted by Crippen LogP contribution is 2.39. The van der Waals surface area contributed by atoms with E-state index in [2.05, 4.69) is 26.2 Å². The second kappa shape index (κ2) is 7.08. The molecule has 1 amide bonds. The number of hydrogen-bond donors (Lipinski definition) is 1. The molecule has 1 unspecified atom stereocenters. The quantitative estimate of drug-likeness (QED) is 0.730. The minimum Gasteiger partial charge on any atom is -0.309 e. The lowest BCUT2D eigenvalue weighted by Crippen LogP contribution is -2.57. The zero-order valence-electron chi connectivity index (χ0n) is 15.7. The van der Waals surface area contributed by atoms with Crippen molar-refractivity contribution in [3.8, 4) is 0 Å².